The van der Waals surface area contributed by atoms with E-state index in [2.05, 4.69) is 15.1 Å². The Labute approximate surface area is 105 Å². The van der Waals surface area contributed by atoms with Crippen molar-refractivity contribution in [1.29, 1.82) is 0 Å². The second kappa shape index (κ2) is 4.24. The summed E-state index contributed by atoms with van der Waals surface area (Å²) in [6, 6.07) is 0. The molecule has 2 rings (SSSR count). The van der Waals surface area contributed by atoms with Gasteiger partial charge in [0.1, 0.15) is 5.15 Å². The van der Waals surface area contributed by atoms with Crippen LogP contribution in [0, 0.1) is 6.92 Å². The topological polar surface area (TPSA) is 43.6 Å². The summed E-state index contributed by atoms with van der Waals surface area (Å²) < 4.78 is 39.8. The van der Waals surface area contributed by atoms with Crippen molar-refractivity contribution in [3.8, 4) is 11.3 Å². The van der Waals surface area contributed by atoms with Gasteiger partial charge in [0.15, 0.2) is 5.69 Å². The maximum absolute atomic E-state index is 12.9. The minimum atomic E-state index is -4.55. The van der Waals surface area contributed by atoms with Crippen LogP contribution in [0.4, 0.5) is 13.2 Å². The van der Waals surface area contributed by atoms with Crippen LogP contribution < -0.4 is 0 Å². The van der Waals surface area contributed by atoms with Gasteiger partial charge in [-0.05, 0) is 6.92 Å². The first-order valence-electron chi connectivity index (χ1n) is 4.89. The Morgan fingerprint density at radius 1 is 1.28 bits per heavy atom. The molecule has 18 heavy (non-hydrogen) atoms. The van der Waals surface area contributed by atoms with Gasteiger partial charge in [0.25, 0.3) is 0 Å². The van der Waals surface area contributed by atoms with Gasteiger partial charge in [-0.3, -0.25) is 9.67 Å². The van der Waals surface area contributed by atoms with E-state index in [0.717, 1.165) is 4.68 Å². The van der Waals surface area contributed by atoms with Gasteiger partial charge in [0.05, 0.1) is 23.7 Å². The van der Waals surface area contributed by atoms with E-state index >= 15 is 0 Å². The molecule has 2 heterocycles. The highest BCUT2D eigenvalue weighted by Gasteiger charge is 2.39. The van der Waals surface area contributed by atoms with E-state index in [1.54, 1.807) is 0 Å². The summed E-state index contributed by atoms with van der Waals surface area (Å²) in [6.45, 7) is 1.53. The largest absolute Gasteiger partial charge is 0.435 e. The second-order valence-corrected chi connectivity index (χ2v) is 4.04. The molecule has 4 nitrogen and oxygen atoms in total. The van der Waals surface area contributed by atoms with E-state index in [1.807, 2.05) is 0 Å². The smallest absolute Gasteiger partial charge is 0.272 e. The Kier molecular flexibility index (Phi) is 3.02. The number of rotatable bonds is 1. The van der Waals surface area contributed by atoms with E-state index in [0.29, 0.717) is 5.69 Å². The summed E-state index contributed by atoms with van der Waals surface area (Å²) in [6.07, 6.45) is -2.07. The zero-order valence-electron chi connectivity index (χ0n) is 9.46. The molecule has 0 spiro atoms. The zero-order chi connectivity index (χ0) is 13.5. The SMILES string of the molecule is Cc1c(-c2cncc(Cl)n2)c(C(F)(F)F)nn1C. The monoisotopic (exact) mass is 276 g/mol. The molecule has 0 saturated heterocycles. The third kappa shape index (κ3) is 2.17. The van der Waals surface area contributed by atoms with Crippen LogP contribution in [0.5, 0.6) is 0 Å². The molecule has 96 valence electrons. The molecule has 0 saturated carbocycles. The Morgan fingerprint density at radius 3 is 2.50 bits per heavy atom. The summed E-state index contributed by atoms with van der Waals surface area (Å²) >= 11 is 5.64. The second-order valence-electron chi connectivity index (χ2n) is 3.66. The van der Waals surface area contributed by atoms with Crippen molar-refractivity contribution in [2.75, 3.05) is 0 Å². The molecule has 8 heteroatoms. The molecule has 0 bridgehead atoms. The molecule has 0 N–H and O–H groups in total. The fraction of sp³-hybridized carbons (Fsp3) is 0.300. The fourth-order valence-corrected chi connectivity index (χ4v) is 1.72. The predicted octanol–water partition coefficient (Wildman–Crippen LogP) is 2.86. The Balaban J connectivity index is 2.70. The van der Waals surface area contributed by atoms with Crippen LogP contribution in [-0.2, 0) is 13.2 Å². The zero-order valence-corrected chi connectivity index (χ0v) is 10.2. The first-order valence-corrected chi connectivity index (χ1v) is 5.27. The minimum absolute atomic E-state index is 0.0314. The maximum Gasteiger partial charge on any atom is 0.435 e. The summed E-state index contributed by atoms with van der Waals surface area (Å²) in [5, 5.41) is 3.50. The Hall–Kier alpha value is -1.63. The Bertz CT molecular complexity index is 591. The third-order valence-corrected chi connectivity index (χ3v) is 2.65. The van der Waals surface area contributed by atoms with Crippen molar-refractivity contribution in [3.05, 3.63) is 28.9 Å². The number of aryl methyl sites for hydroxylation is 1. The molecule has 0 radical (unpaired) electrons. The van der Waals surface area contributed by atoms with Gasteiger partial charge < -0.3 is 0 Å². The van der Waals surface area contributed by atoms with Gasteiger partial charge in [0, 0.05) is 12.7 Å². The van der Waals surface area contributed by atoms with Crippen LogP contribution >= 0.6 is 11.6 Å². The van der Waals surface area contributed by atoms with Crippen molar-refractivity contribution in [3.63, 3.8) is 0 Å². The lowest BCUT2D eigenvalue weighted by Gasteiger charge is -2.06. The fourth-order valence-electron chi connectivity index (χ4n) is 1.58. The maximum atomic E-state index is 12.9. The standard InChI is InChI=1S/C10H8ClF3N4/c1-5-8(6-3-15-4-7(11)16-6)9(10(12,13)14)17-18(5)2/h3-4H,1-2H3. The third-order valence-electron chi connectivity index (χ3n) is 2.46. The molecule has 0 amide bonds. The van der Waals surface area contributed by atoms with Gasteiger partial charge >= 0.3 is 6.18 Å². The molecule has 0 fully saturated rings. The van der Waals surface area contributed by atoms with E-state index in [-0.39, 0.29) is 16.4 Å². The number of hydrogen-bond acceptors (Lipinski definition) is 3. The van der Waals surface area contributed by atoms with Gasteiger partial charge in [-0.15, -0.1) is 0 Å². The van der Waals surface area contributed by atoms with Crippen molar-refractivity contribution in [2.24, 2.45) is 7.05 Å². The van der Waals surface area contributed by atoms with Crippen molar-refractivity contribution < 1.29 is 13.2 Å². The molecule has 0 aliphatic heterocycles. The van der Waals surface area contributed by atoms with E-state index in [4.69, 9.17) is 11.6 Å². The van der Waals surface area contributed by atoms with Crippen molar-refractivity contribution >= 4 is 11.6 Å². The number of hydrogen-bond donors (Lipinski definition) is 0. The van der Waals surface area contributed by atoms with Crippen LogP contribution in [0.15, 0.2) is 12.4 Å². The first kappa shape index (κ1) is 12.8. The average molecular weight is 277 g/mol. The Morgan fingerprint density at radius 2 is 1.94 bits per heavy atom. The lowest BCUT2D eigenvalue weighted by Crippen LogP contribution is -2.08. The van der Waals surface area contributed by atoms with Gasteiger partial charge in [-0.2, -0.15) is 18.3 Å². The molecule has 0 aliphatic carbocycles. The molecule has 2 aromatic heterocycles. The molecular weight excluding hydrogens is 269 g/mol. The highest BCUT2D eigenvalue weighted by atomic mass is 35.5. The molecular formula is C10H8ClF3N4. The summed E-state index contributed by atoms with van der Waals surface area (Å²) in [5.41, 5.74) is -0.682. The normalized spacial score (nSPS) is 11.9. The number of halogens is 4. The van der Waals surface area contributed by atoms with Gasteiger partial charge in [-0.1, -0.05) is 11.6 Å². The first-order chi connectivity index (χ1) is 8.30. The van der Waals surface area contributed by atoms with Crippen LogP contribution in [0.2, 0.25) is 5.15 Å². The van der Waals surface area contributed by atoms with Crippen LogP contribution in [-0.4, -0.2) is 19.7 Å². The molecule has 0 atom stereocenters. The van der Waals surface area contributed by atoms with Crippen LogP contribution in [0.3, 0.4) is 0 Å². The highest BCUT2D eigenvalue weighted by Crippen LogP contribution is 2.37. The summed E-state index contributed by atoms with van der Waals surface area (Å²) in [7, 11) is 1.44. The summed E-state index contributed by atoms with van der Waals surface area (Å²) in [4.78, 5) is 7.58. The number of alkyl halides is 3. The van der Waals surface area contributed by atoms with Gasteiger partial charge in [0.2, 0.25) is 0 Å². The molecule has 0 aliphatic rings. The quantitative estimate of drug-likeness (QED) is 0.804. The number of nitrogens with zero attached hydrogens (tertiary/aromatic N) is 4. The predicted molar refractivity (Wildman–Crippen MR) is 59.0 cm³/mol. The summed E-state index contributed by atoms with van der Waals surface area (Å²) in [5.74, 6) is 0. The molecule has 0 unspecified atom stereocenters. The molecule has 2 aromatic rings. The van der Waals surface area contributed by atoms with E-state index in [9.17, 15) is 13.2 Å². The van der Waals surface area contributed by atoms with Crippen LogP contribution in [0.25, 0.3) is 11.3 Å². The highest BCUT2D eigenvalue weighted by molar-refractivity contribution is 6.29. The average Bonchev–Trinajstić information content (AvgIpc) is 2.55. The minimum Gasteiger partial charge on any atom is -0.272 e. The van der Waals surface area contributed by atoms with E-state index in [1.165, 1.54) is 26.4 Å². The van der Waals surface area contributed by atoms with Crippen molar-refractivity contribution in [1.82, 2.24) is 19.7 Å². The van der Waals surface area contributed by atoms with E-state index < -0.39 is 11.9 Å². The van der Waals surface area contributed by atoms with Crippen LogP contribution in [0.1, 0.15) is 11.4 Å². The molecule has 0 aromatic carbocycles. The lowest BCUT2D eigenvalue weighted by molar-refractivity contribution is -0.141. The van der Waals surface area contributed by atoms with Crippen molar-refractivity contribution in [2.45, 2.75) is 13.1 Å². The number of aromatic nitrogens is 4. The lowest BCUT2D eigenvalue weighted by atomic mass is 10.1. The van der Waals surface area contributed by atoms with Gasteiger partial charge in [-0.25, -0.2) is 4.98 Å².